The summed E-state index contributed by atoms with van der Waals surface area (Å²) in [5, 5.41) is 1.83. The van der Waals surface area contributed by atoms with Gasteiger partial charge in [0.2, 0.25) is 0 Å². The second-order valence-electron chi connectivity index (χ2n) is 8.38. The molecule has 0 spiro atoms. The molecule has 160 valence electrons. The number of rotatable bonds is 7. The number of hydrogen-bond donors (Lipinski definition) is 1. The van der Waals surface area contributed by atoms with Crippen molar-refractivity contribution in [1.29, 1.82) is 0 Å². The van der Waals surface area contributed by atoms with E-state index in [-0.39, 0.29) is 6.09 Å². The van der Waals surface area contributed by atoms with E-state index in [1.807, 2.05) is 45.2 Å². The molecule has 0 radical (unpaired) electrons. The quantitative estimate of drug-likeness (QED) is 0.393. The minimum Gasteiger partial charge on any atom is -0.444 e. The number of nitrogens with zero attached hydrogens (tertiary/aromatic N) is 1. The van der Waals surface area contributed by atoms with Gasteiger partial charge in [-0.25, -0.2) is 4.79 Å². The molecule has 1 aromatic heterocycles. The second-order valence-corrected chi connectivity index (χ2v) is 9.88. The Hall–Kier alpha value is -2.11. The maximum absolute atomic E-state index is 12.1. The first-order valence-electron chi connectivity index (χ1n) is 10.2. The SMILES string of the molecule is CN(CCCCc1ccccc1Sc1c[nH]c2cccc(Cl)c12)C(=O)OC(C)(C)C. The summed E-state index contributed by atoms with van der Waals surface area (Å²) >= 11 is 8.17. The van der Waals surface area contributed by atoms with Gasteiger partial charge in [-0.15, -0.1) is 0 Å². The number of ether oxygens (including phenoxy) is 1. The van der Waals surface area contributed by atoms with Crippen molar-refractivity contribution in [3.63, 3.8) is 0 Å². The van der Waals surface area contributed by atoms with Gasteiger partial charge in [-0.1, -0.05) is 47.6 Å². The van der Waals surface area contributed by atoms with Crippen LogP contribution < -0.4 is 0 Å². The summed E-state index contributed by atoms with van der Waals surface area (Å²) in [7, 11) is 1.79. The molecule has 0 bridgehead atoms. The molecular formula is C24H29ClN2O2S. The molecule has 3 rings (SSSR count). The van der Waals surface area contributed by atoms with Crippen molar-refractivity contribution < 1.29 is 9.53 Å². The molecule has 1 N–H and O–H groups in total. The smallest absolute Gasteiger partial charge is 0.410 e. The number of carbonyl (C=O) groups is 1. The molecular weight excluding hydrogens is 416 g/mol. The molecule has 4 nitrogen and oxygen atoms in total. The van der Waals surface area contributed by atoms with Crippen LogP contribution in [0, 0.1) is 0 Å². The summed E-state index contributed by atoms with van der Waals surface area (Å²) in [6.07, 6.45) is 4.64. The standard InChI is InChI=1S/C24H29ClN2O2S/c1-24(2,3)29-23(28)27(4)15-8-7-11-17-10-5-6-14-20(17)30-21-16-26-19-13-9-12-18(25)22(19)21/h5-6,9-10,12-14,16,26H,7-8,11,15H2,1-4H3. The number of halogens is 1. The molecule has 2 aromatic carbocycles. The molecule has 0 aliphatic rings. The van der Waals surface area contributed by atoms with Crippen molar-refractivity contribution in [2.75, 3.05) is 13.6 Å². The third-order valence-corrected chi connectivity index (χ3v) is 6.18. The Morgan fingerprint density at radius 1 is 1.10 bits per heavy atom. The number of carbonyl (C=O) groups excluding carboxylic acids is 1. The summed E-state index contributed by atoms with van der Waals surface area (Å²) in [4.78, 5) is 19.4. The Kier molecular flexibility index (Phi) is 7.37. The number of fused-ring (bicyclic) bond motifs is 1. The van der Waals surface area contributed by atoms with Crippen LogP contribution in [-0.2, 0) is 11.2 Å². The first-order valence-corrected chi connectivity index (χ1v) is 11.4. The largest absolute Gasteiger partial charge is 0.444 e. The average Bonchev–Trinajstić information content (AvgIpc) is 3.09. The lowest BCUT2D eigenvalue weighted by atomic mass is 10.1. The first-order chi connectivity index (χ1) is 14.2. The van der Waals surface area contributed by atoms with E-state index < -0.39 is 5.60 Å². The van der Waals surface area contributed by atoms with Crippen LogP contribution in [0.3, 0.4) is 0 Å². The van der Waals surface area contributed by atoms with E-state index in [2.05, 4.69) is 29.2 Å². The fourth-order valence-electron chi connectivity index (χ4n) is 3.21. The Balaban J connectivity index is 1.59. The van der Waals surface area contributed by atoms with Crippen LogP contribution in [0.4, 0.5) is 4.79 Å². The van der Waals surface area contributed by atoms with Gasteiger partial charge in [-0.2, -0.15) is 0 Å². The van der Waals surface area contributed by atoms with Crippen molar-refractivity contribution >= 4 is 40.4 Å². The van der Waals surface area contributed by atoms with E-state index in [0.29, 0.717) is 6.54 Å². The van der Waals surface area contributed by atoms with Gasteiger partial charge in [0, 0.05) is 40.5 Å². The zero-order chi connectivity index (χ0) is 21.7. The predicted molar refractivity (Wildman–Crippen MR) is 126 cm³/mol. The number of hydrogen-bond acceptors (Lipinski definition) is 3. The van der Waals surface area contributed by atoms with Gasteiger partial charge in [0.25, 0.3) is 0 Å². The van der Waals surface area contributed by atoms with Crippen molar-refractivity contribution in [3.8, 4) is 0 Å². The normalized spacial score (nSPS) is 11.6. The number of unbranched alkanes of at least 4 members (excludes halogenated alkanes) is 1. The molecule has 0 saturated heterocycles. The molecule has 1 heterocycles. The van der Waals surface area contributed by atoms with E-state index in [1.54, 1.807) is 23.7 Å². The summed E-state index contributed by atoms with van der Waals surface area (Å²) in [6.45, 7) is 6.33. The zero-order valence-corrected chi connectivity index (χ0v) is 19.6. The minimum absolute atomic E-state index is 0.269. The molecule has 1 amide bonds. The Bertz CT molecular complexity index is 1010. The number of aromatic amines is 1. The predicted octanol–water partition coefficient (Wildman–Crippen LogP) is 7.16. The summed E-state index contributed by atoms with van der Waals surface area (Å²) in [5.41, 5.74) is 1.89. The summed E-state index contributed by atoms with van der Waals surface area (Å²) in [5.74, 6) is 0. The molecule has 0 fully saturated rings. The maximum atomic E-state index is 12.1. The summed E-state index contributed by atoms with van der Waals surface area (Å²) in [6, 6.07) is 14.4. The number of aryl methyl sites for hydroxylation is 1. The number of aromatic nitrogens is 1. The Labute approximate surface area is 187 Å². The average molecular weight is 445 g/mol. The molecule has 0 aliphatic carbocycles. The highest BCUT2D eigenvalue weighted by Crippen LogP contribution is 2.38. The van der Waals surface area contributed by atoms with Gasteiger partial charge < -0.3 is 14.6 Å². The van der Waals surface area contributed by atoms with Crippen LogP contribution in [0.1, 0.15) is 39.2 Å². The van der Waals surface area contributed by atoms with E-state index in [9.17, 15) is 4.79 Å². The van der Waals surface area contributed by atoms with Crippen LogP contribution in [0.2, 0.25) is 5.02 Å². The van der Waals surface area contributed by atoms with Crippen molar-refractivity contribution in [1.82, 2.24) is 9.88 Å². The molecule has 3 aromatic rings. The molecule has 0 unspecified atom stereocenters. The van der Waals surface area contributed by atoms with Gasteiger partial charge in [0.05, 0.1) is 5.02 Å². The monoisotopic (exact) mass is 444 g/mol. The second kappa shape index (κ2) is 9.80. The van der Waals surface area contributed by atoms with Crippen LogP contribution in [-0.4, -0.2) is 35.2 Å². The zero-order valence-electron chi connectivity index (χ0n) is 18.0. The highest BCUT2D eigenvalue weighted by atomic mass is 35.5. The lowest BCUT2D eigenvalue weighted by Crippen LogP contribution is -2.34. The molecule has 6 heteroatoms. The third-order valence-electron chi connectivity index (χ3n) is 4.71. The van der Waals surface area contributed by atoms with Gasteiger partial charge in [0.1, 0.15) is 5.60 Å². The van der Waals surface area contributed by atoms with E-state index in [0.717, 1.165) is 40.1 Å². The van der Waals surface area contributed by atoms with Crippen LogP contribution in [0.15, 0.2) is 58.5 Å². The summed E-state index contributed by atoms with van der Waals surface area (Å²) < 4.78 is 5.41. The van der Waals surface area contributed by atoms with Gasteiger partial charge in [-0.3, -0.25) is 0 Å². The highest BCUT2D eigenvalue weighted by Gasteiger charge is 2.19. The molecule has 0 saturated carbocycles. The van der Waals surface area contributed by atoms with E-state index in [1.165, 1.54) is 10.5 Å². The van der Waals surface area contributed by atoms with Crippen LogP contribution >= 0.6 is 23.4 Å². The highest BCUT2D eigenvalue weighted by molar-refractivity contribution is 7.99. The van der Waals surface area contributed by atoms with Crippen molar-refractivity contribution in [2.24, 2.45) is 0 Å². The van der Waals surface area contributed by atoms with Crippen LogP contribution in [0.25, 0.3) is 10.9 Å². The van der Waals surface area contributed by atoms with Crippen molar-refractivity contribution in [2.45, 2.75) is 55.4 Å². The van der Waals surface area contributed by atoms with E-state index >= 15 is 0 Å². The lowest BCUT2D eigenvalue weighted by molar-refractivity contribution is 0.0296. The minimum atomic E-state index is -0.465. The van der Waals surface area contributed by atoms with Gasteiger partial charge in [-0.05, 0) is 63.8 Å². The Morgan fingerprint density at radius 2 is 1.87 bits per heavy atom. The molecule has 0 aliphatic heterocycles. The fourth-order valence-corrected chi connectivity index (χ4v) is 4.67. The third kappa shape index (κ3) is 5.96. The number of benzene rings is 2. The lowest BCUT2D eigenvalue weighted by Gasteiger charge is -2.24. The van der Waals surface area contributed by atoms with Gasteiger partial charge >= 0.3 is 6.09 Å². The number of H-pyrrole nitrogens is 1. The number of amides is 1. The van der Waals surface area contributed by atoms with E-state index in [4.69, 9.17) is 16.3 Å². The topological polar surface area (TPSA) is 45.3 Å². The van der Waals surface area contributed by atoms with Gasteiger partial charge in [0.15, 0.2) is 0 Å². The fraction of sp³-hybridized carbons (Fsp3) is 0.375. The molecule has 0 atom stereocenters. The Morgan fingerprint density at radius 3 is 2.63 bits per heavy atom. The van der Waals surface area contributed by atoms with Crippen molar-refractivity contribution in [3.05, 3.63) is 59.2 Å². The maximum Gasteiger partial charge on any atom is 0.410 e. The molecule has 30 heavy (non-hydrogen) atoms. The number of nitrogens with one attached hydrogen (secondary N) is 1. The van der Waals surface area contributed by atoms with Crippen LogP contribution in [0.5, 0.6) is 0 Å². The first kappa shape index (κ1) is 22.6.